The smallest absolute Gasteiger partial charge is 0.0806 e. The Morgan fingerprint density at radius 1 is 1.40 bits per heavy atom. The van der Waals surface area contributed by atoms with Crippen molar-refractivity contribution < 1.29 is 0 Å². The van der Waals surface area contributed by atoms with E-state index >= 15 is 0 Å². The maximum Gasteiger partial charge on any atom is 0.0806 e. The molecule has 0 radical (unpaired) electrons. The van der Waals surface area contributed by atoms with Gasteiger partial charge in [-0.15, -0.1) is 6.58 Å². The van der Waals surface area contributed by atoms with Gasteiger partial charge in [-0.3, -0.25) is 0 Å². The normalized spacial score (nSPS) is 25.0. The van der Waals surface area contributed by atoms with Gasteiger partial charge in [0.15, 0.2) is 0 Å². The van der Waals surface area contributed by atoms with Crippen molar-refractivity contribution in [2.45, 2.75) is 19.8 Å². The molecule has 0 aromatic heterocycles. The van der Waals surface area contributed by atoms with E-state index in [0.29, 0.717) is 0 Å². The third-order valence-electron chi connectivity index (χ3n) is 2.94. The highest BCUT2D eigenvalue weighted by atomic mass is 32.1. The molecule has 0 bridgehead atoms. The molecule has 1 nitrogen and oxygen atoms in total. The molecule has 1 aliphatic heterocycles. The van der Waals surface area contributed by atoms with E-state index in [-0.39, 0.29) is 5.41 Å². The molecule has 2 heteroatoms. The predicted molar refractivity (Wildman–Crippen MR) is 69.3 cm³/mol. The number of anilines is 1. The molecule has 78 valence electrons. The molecule has 0 amide bonds. The molecule has 1 N–H and O–H groups in total. The van der Waals surface area contributed by atoms with Gasteiger partial charge >= 0.3 is 0 Å². The van der Waals surface area contributed by atoms with Gasteiger partial charge in [-0.05, 0) is 23.5 Å². The van der Waals surface area contributed by atoms with Crippen molar-refractivity contribution >= 4 is 22.9 Å². The summed E-state index contributed by atoms with van der Waals surface area (Å²) in [4.78, 5) is 0.905. The monoisotopic (exact) mass is 217 g/mol. The zero-order valence-electron chi connectivity index (χ0n) is 8.92. The lowest BCUT2D eigenvalue weighted by Gasteiger charge is -2.23. The molecule has 0 spiro atoms. The van der Waals surface area contributed by atoms with Crippen LogP contribution in [0.3, 0.4) is 0 Å². The minimum Gasteiger partial charge on any atom is -0.350 e. The lowest BCUT2D eigenvalue weighted by atomic mass is 9.81. The summed E-state index contributed by atoms with van der Waals surface area (Å²) in [7, 11) is 0. The van der Waals surface area contributed by atoms with Crippen molar-refractivity contribution in [2.24, 2.45) is 5.41 Å². The Kier molecular flexibility index (Phi) is 2.61. The summed E-state index contributed by atoms with van der Waals surface area (Å²) in [5, 5.41) is 3.30. The van der Waals surface area contributed by atoms with Crippen molar-refractivity contribution in [1.29, 1.82) is 0 Å². The molecule has 0 saturated carbocycles. The van der Waals surface area contributed by atoms with Gasteiger partial charge in [-0.1, -0.05) is 43.4 Å². The van der Waals surface area contributed by atoms with Crippen LogP contribution in [-0.4, -0.2) is 4.99 Å². The second-order valence-electron chi connectivity index (χ2n) is 4.42. The first kappa shape index (κ1) is 10.4. The molecule has 1 heterocycles. The highest BCUT2D eigenvalue weighted by molar-refractivity contribution is 7.80. The van der Waals surface area contributed by atoms with Crippen LogP contribution in [0.1, 0.15) is 18.9 Å². The summed E-state index contributed by atoms with van der Waals surface area (Å²) in [5.41, 5.74) is 2.55. The molecule has 1 aromatic carbocycles. The molecule has 2 rings (SSSR count). The van der Waals surface area contributed by atoms with Gasteiger partial charge in [0.05, 0.1) is 4.99 Å². The van der Waals surface area contributed by atoms with E-state index in [0.717, 1.165) is 23.5 Å². The first-order chi connectivity index (χ1) is 7.13. The largest absolute Gasteiger partial charge is 0.350 e. The van der Waals surface area contributed by atoms with Gasteiger partial charge in [0.1, 0.15) is 0 Å². The number of hydrogen-bond acceptors (Lipinski definition) is 1. The number of rotatable bonds is 1. The van der Waals surface area contributed by atoms with Crippen LogP contribution >= 0.6 is 12.2 Å². The number of thiocarbonyl (C=S) groups is 1. The van der Waals surface area contributed by atoms with Crippen LogP contribution in [0.5, 0.6) is 0 Å². The lowest BCUT2D eigenvalue weighted by molar-refractivity contribution is 0.450. The predicted octanol–water partition coefficient (Wildman–Crippen LogP) is 3.56. The van der Waals surface area contributed by atoms with Crippen LogP contribution in [0.4, 0.5) is 5.69 Å². The fourth-order valence-electron chi connectivity index (χ4n) is 2.00. The van der Waals surface area contributed by atoms with Crippen LogP contribution in [0.25, 0.3) is 0 Å². The molecule has 0 fully saturated rings. The van der Waals surface area contributed by atoms with Crippen molar-refractivity contribution in [3.8, 4) is 0 Å². The zero-order chi connectivity index (χ0) is 10.9. The lowest BCUT2D eigenvalue weighted by Crippen LogP contribution is -2.20. The number of nitrogens with one attached hydrogen (secondary N) is 1. The molecule has 0 aliphatic carbocycles. The molecular weight excluding hydrogens is 202 g/mol. The number of hydrogen-bond donors (Lipinski definition) is 1. The van der Waals surface area contributed by atoms with E-state index in [1.54, 1.807) is 0 Å². The minimum absolute atomic E-state index is 0.0800. The summed E-state index contributed by atoms with van der Waals surface area (Å²) in [5.74, 6) is 0. The Morgan fingerprint density at radius 2 is 2.13 bits per heavy atom. The summed E-state index contributed by atoms with van der Waals surface area (Å²) in [6.07, 6.45) is 3.89. The summed E-state index contributed by atoms with van der Waals surface area (Å²) >= 11 is 5.32. The third-order valence-corrected chi connectivity index (χ3v) is 3.19. The van der Waals surface area contributed by atoms with Crippen LogP contribution in [0, 0.1) is 5.41 Å². The fourth-order valence-corrected chi connectivity index (χ4v) is 2.44. The maximum atomic E-state index is 5.32. The second kappa shape index (κ2) is 3.78. The Morgan fingerprint density at radius 3 is 2.87 bits per heavy atom. The van der Waals surface area contributed by atoms with E-state index in [2.05, 4.69) is 37.0 Å². The second-order valence-corrected chi connectivity index (χ2v) is 4.91. The van der Waals surface area contributed by atoms with E-state index in [4.69, 9.17) is 12.2 Å². The highest BCUT2D eigenvalue weighted by Crippen LogP contribution is 2.34. The van der Waals surface area contributed by atoms with Gasteiger partial charge in [0.25, 0.3) is 0 Å². The number of allylic oxidation sites excluding steroid dienone is 1. The Bertz CT molecular complexity index is 411. The topological polar surface area (TPSA) is 12.0 Å². The summed E-state index contributed by atoms with van der Waals surface area (Å²) < 4.78 is 0. The van der Waals surface area contributed by atoms with Gasteiger partial charge < -0.3 is 5.32 Å². The Hall–Kier alpha value is -1.15. The van der Waals surface area contributed by atoms with E-state index in [9.17, 15) is 0 Å². The molecule has 1 unspecified atom stereocenters. The van der Waals surface area contributed by atoms with Gasteiger partial charge in [-0.2, -0.15) is 0 Å². The van der Waals surface area contributed by atoms with Crippen LogP contribution in [0.2, 0.25) is 0 Å². The highest BCUT2D eigenvalue weighted by Gasteiger charge is 2.27. The van der Waals surface area contributed by atoms with Gasteiger partial charge in [0, 0.05) is 12.1 Å². The van der Waals surface area contributed by atoms with E-state index in [1.807, 2.05) is 12.1 Å². The third kappa shape index (κ3) is 2.10. The van der Waals surface area contributed by atoms with Gasteiger partial charge in [0.2, 0.25) is 0 Å². The standard InChI is InChI=1S/C13H15NS/c1-3-13(2)8-10-6-4-5-7-11(10)14-12(15)9-13/h3-7H,1,8-9H2,2H3,(H,14,15). The molecule has 1 aromatic rings. The van der Waals surface area contributed by atoms with Crippen LogP contribution in [-0.2, 0) is 6.42 Å². The molecule has 15 heavy (non-hydrogen) atoms. The fraction of sp³-hybridized carbons (Fsp3) is 0.308. The number of benzene rings is 1. The van der Waals surface area contributed by atoms with Gasteiger partial charge in [-0.25, -0.2) is 0 Å². The summed E-state index contributed by atoms with van der Waals surface area (Å²) in [6, 6.07) is 8.33. The van der Waals surface area contributed by atoms with Crippen molar-refractivity contribution in [2.75, 3.05) is 5.32 Å². The maximum absolute atomic E-state index is 5.32. The SMILES string of the molecule is C=CC1(C)CC(=S)Nc2ccccc2C1. The van der Waals surface area contributed by atoms with E-state index < -0.39 is 0 Å². The molecule has 1 atom stereocenters. The molecule has 1 aliphatic rings. The first-order valence-electron chi connectivity index (χ1n) is 5.14. The zero-order valence-corrected chi connectivity index (χ0v) is 9.73. The minimum atomic E-state index is 0.0800. The van der Waals surface area contributed by atoms with Crippen LogP contribution in [0.15, 0.2) is 36.9 Å². The average molecular weight is 217 g/mol. The Balaban J connectivity index is 2.44. The Labute approximate surface area is 96.2 Å². The number of para-hydroxylation sites is 1. The quantitative estimate of drug-likeness (QED) is 0.570. The van der Waals surface area contributed by atoms with Crippen molar-refractivity contribution in [3.05, 3.63) is 42.5 Å². The number of fused-ring (bicyclic) bond motifs is 1. The van der Waals surface area contributed by atoms with Crippen LogP contribution < -0.4 is 5.32 Å². The average Bonchev–Trinajstić information content (AvgIpc) is 2.33. The first-order valence-corrected chi connectivity index (χ1v) is 5.55. The van der Waals surface area contributed by atoms with Crippen molar-refractivity contribution in [3.63, 3.8) is 0 Å². The molecular formula is C13H15NS. The van der Waals surface area contributed by atoms with Crippen molar-refractivity contribution in [1.82, 2.24) is 0 Å². The van der Waals surface area contributed by atoms with E-state index in [1.165, 1.54) is 5.56 Å². The molecule has 0 saturated heterocycles. The summed E-state index contributed by atoms with van der Waals surface area (Å²) in [6.45, 7) is 6.12.